The molecule has 0 bridgehead atoms. The Labute approximate surface area is 101 Å². The van der Waals surface area contributed by atoms with Crippen LogP contribution in [0.25, 0.3) is 5.69 Å². The molecule has 0 aliphatic heterocycles. The lowest BCUT2D eigenvalue weighted by Gasteiger charge is -2.07. The first-order chi connectivity index (χ1) is 8.28. The molecule has 1 aliphatic carbocycles. The average molecular weight is 227 g/mol. The van der Waals surface area contributed by atoms with E-state index in [1.165, 1.54) is 29.7 Å². The number of nitrogens with zero attached hydrogens (tertiary/aromatic N) is 2. The van der Waals surface area contributed by atoms with Crippen LogP contribution in [0, 0.1) is 6.92 Å². The van der Waals surface area contributed by atoms with E-state index < -0.39 is 0 Å². The molecule has 0 amide bonds. The fraction of sp³-hybridized carbons (Fsp3) is 0.357. The van der Waals surface area contributed by atoms with E-state index in [-0.39, 0.29) is 0 Å². The van der Waals surface area contributed by atoms with Crippen molar-refractivity contribution in [1.82, 2.24) is 9.78 Å². The molecule has 0 saturated heterocycles. The van der Waals surface area contributed by atoms with Crippen LogP contribution in [-0.2, 0) is 6.54 Å². The highest BCUT2D eigenvalue weighted by Gasteiger charge is 2.25. The number of rotatable bonds is 3. The van der Waals surface area contributed by atoms with Gasteiger partial charge < -0.3 is 5.73 Å². The molecule has 3 rings (SSSR count). The molecule has 0 radical (unpaired) electrons. The van der Waals surface area contributed by atoms with E-state index in [9.17, 15) is 0 Å². The first kappa shape index (κ1) is 10.5. The number of aryl methyl sites for hydroxylation is 1. The van der Waals surface area contributed by atoms with Gasteiger partial charge in [0.15, 0.2) is 0 Å². The molecule has 1 saturated carbocycles. The second-order valence-electron chi connectivity index (χ2n) is 4.78. The number of hydrogen-bond donors (Lipinski definition) is 1. The summed E-state index contributed by atoms with van der Waals surface area (Å²) in [4.78, 5) is 0. The van der Waals surface area contributed by atoms with E-state index in [2.05, 4.69) is 42.5 Å². The smallest absolute Gasteiger partial charge is 0.0675 e. The van der Waals surface area contributed by atoms with E-state index >= 15 is 0 Å². The second kappa shape index (κ2) is 4.00. The Bertz CT molecular complexity index is 538. The Hall–Kier alpha value is -1.61. The summed E-state index contributed by atoms with van der Waals surface area (Å²) in [7, 11) is 0. The Morgan fingerprint density at radius 3 is 2.82 bits per heavy atom. The summed E-state index contributed by atoms with van der Waals surface area (Å²) in [5.41, 5.74) is 10.4. The van der Waals surface area contributed by atoms with Gasteiger partial charge in [-0.1, -0.05) is 12.1 Å². The van der Waals surface area contributed by atoms with Crippen molar-refractivity contribution in [2.75, 3.05) is 0 Å². The molecule has 2 N–H and O–H groups in total. The summed E-state index contributed by atoms with van der Waals surface area (Å²) in [6.07, 6.45) is 4.64. The molecule has 3 heteroatoms. The van der Waals surface area contributed by atoms with Crippen molar-refractivity contribution >= 4 is 0 Å². The van der Waals surface area contributed by atoms with Crippen molar-refractivity contribution in [3.8, 4) is 5.69 Å². The quantitative estimate of drug-likeness (QED) is 0.875. The summed E-state index contributed by atoms with van der Waals surface area (Å²) < 4.78 is 1.98. The van der Waals surface area contributed by atoms with Gasteiger partial charge in [0.25, 0.3) is 0 Å². The van der Waals surface area contributed by atoms with E-state index in [1.807, 2.05) is 4.68 Å². The highest BCUT2D eigenvalue weighted by molar-refractivity contribution is 5.42. The van der Waals surface area contributed by atoms with Crippen LogP contribution >= 0.6 is 0 Å². The van der Waals surface area contributed by atoms with Gasteiger partial charge in [0.05, 0.1) is 11.4 Å². The first-order valence-corrected chi connectivity index (χ1v) is 6.13. The highest BCUT2D eigenvalue weighted by Crippen LogP contribution is 2.39. The predicted molar refractivity (Wildman–Crippen MR) is 68.2 cm³/mol. The maximum absolute atomic E-state index is 5.64. The Morgan fingerprint density at radius 1 is 1.35 bits per heavy atom. The zero-order chi connectivity index (χ0) is 11.8. The molecule has 2 aromatic rings. The summed E-state index contributed by atoms with van der Waals surface area (Å²) in [6, 6.07) is 8.43. The molecule has 1 fully saturated rings. The van der Waals surface area contributed by atoms with Crippen molar-refractivity contribution < 1.29 is 0 Å². The van der Waals surface area contributed by atoms with Crippen LogP contribution < -0.4 is 5.73 Å². The van der Waals surface area contributed by atoms with Gasteiger partial charge in [0, 0.05) is 18.7 Å². The van der Waals surface area contributed by atoms with Crippen molar-refractivity contribution in [3.63, 3.8) is 0 Å². The number of hydrogen-bond acceptors (Lipinski definition) is 2. The highest BCUT2D eigenvalue weighted by atomic mass is 15.3. The van der Waals surface area contributed by atoms with Crippen LogP contribution in [0.2, 0.25) is 0 Å². The fourth-order valence-electron chi connectivity index (χ4n) is 2.17. The van der Waals surface area contributed by atoms with Gasteiger partial charge in [0.2, 0.25) is 0 Å². The van der Waals surface area contributed by atoms with E-state index in [0.717, 1.165) is 5.69 Å². The maximum Gasteiger partial charge on any atom is 0.0675 e. The predicted octanol–water partition coefficient (Wildman–Crippen LogP) is 2.52. The van der Waals surface area contributed by atoms with Crippen LogP contribution in [0.1, 0.15) is 35.6 Å². The van der Waals surface area contributed by atoms with Crippen molar-refractivity contribution in [2.24, 2.45) is 5.73 Å². The third-order valence-corrected chi connectivity index (χ3v) is 3.35. The minimum absolute atomic E-state index is 0.591. The SMILES string of the molecule is Cc1cc(CN)ccc1-n1ccc(C2CC2)n1. The van der Waals surface area contributed by atoms with Crippen molar-refractivity contribution in [3.05, 3.63) is 47.3 Å². The van der Waals surface area contributed by atoms with Crippen molar-refractivity contribution in [1.29, 1.82) is 0 Å². The van der Waals surface area contributed by atoms with Gasteiger partial charge in [0.1, 0.15) is 0 Å². The lowest BCUT2D eigenvalue weighted by Crippen LogP contribution is -2.01. The molecule has 1 aliphatic rings. The van der Waals surface area contributed by atoms with Crippen molar-refractivity contribution in [2.45, 2.75) is 32.2 Å². The molecule has 17 heavy (non-hydrogen) atoms. The largest absolute Gasteiger partial charge is 0.326 e. The van der Waals surface area contributed by atoms with E-state index in [1.54, 1.807) is 0 Å². The topological polar surface area (TPSA) is 43.8 Å². The number of nitrogens with two attached hydrogens (primary N) is 1. The molecule has 0 spiro atoms. The fourth-order valence-corrected chi connectivity index (χ4v) is 2.17. The Balaban J connectivity index is 1.96. The second-order valence-corrected chi connectivity index (χ2v) is 4.78. The zero-order valence-corrected chi connectivity index (χ0v) is 10.1. The van der Waals surface area contributed by atoms with Gasteiger partial charge in [-0.3, -0.25) is 0 Å². The third kappa shape index (κ3) is 1.98. The van der Waals surface area contributed by atoms with Gasteiger partial charge in [-0.2, -0.15) is 5.10 Å². The van der Waals surface area contributed by atoms with Gasteiger partial charge >= 0.3 is 0 Å². The van der Waals surface area contributed by atoms with E-state index in [0.29, 0.717) is 12.5 Å². The molecule has 0 atom stereocenters. The van der Waals surface area contributed by atoms with E-state index in [4.69, 9.17) is 5.73 Å². The molecular weight excluding hydrogens is 210 g/mol. The summed E-state index contributed by atoms with van der Waals surface area (Å²) >= 11 is 0. The van der Waals surface area contributed by atoms with Crippen LogP contribution in [0.4, 0.5) is 0 Å². The third-order valence-electron chi connectivity index (χ3n) is 3.35. The molecule has 1 aromatic heterocycles. The Kier molecular flexibility index (Phi) is 2.48. The summed E-state index contributed by atoms with van der Waals surface area (Å²) in [6.45, 7) is 2.69. The van der Waals surface area contributed by atoms with Crippen LogP contribution in [0.3, 0.4) is 0 Å². The maximum atomic E-state index is 5.64. The standard InChI is InChI=1S/C14H17N3/c1-10-8-11(9-15)2-5-14(10)17-7-6-13(16-17)12-3-4-12/h2,5-8,12H,3-4,9,15H2,1H3. The molecule has 1 heterocycles. The zero-order valence-electron chi connectivity index (χ0n) is 10.1. The van der Waals surface area contributed by atoms with Crippen LogP contribution in [-0.4, -0.2) is 9.78 Å². The molecule has 0 unspecified atom stereocenters. The normalized spacial score (nSPS) is 15.2. The first-order valence-electron chi connectivity index (χ1n) is 6.13. The van der Waals surface area contributed by atoms with Gasteiger partial charge in [-0.15, -0.1) is 0 Å². The number of benzene rings is 1. The summed E-state index contributed by atoms with van der Waals surface area (Å²) in [5.74, 6) is 0.708. The Morgan fingerprint density at radius 2 is 2.18 bits per heavy atom. The number of aromatic nitrogens is 2. The minimum Gasteiger partial charge on any atom is -0.326 e. The lowest BCUT2D eigenvalue weighted by atomic mass is 10.1. The molecule has 88 valence electrons. The summed E-state index contributed by atoms with van der Waals surface area (Å²) in [5, 5.41) is 4.64. The average Bonchev–Trinajstić information content (AvgIpc) is 3.08. The molecular formula is C14H17N3. The monoisotopic (exact) mass is 227 g/mol. The van der Waals surface area contributed by atoms with Crippen LogP contribution in [0.5, 0.6) is 0 Å². The molecule has 3 nitrogen and oxygen atoms in total. The molecule has 1 aromatic carbocycles. The van der Waals surface area contributed by atoms with Gasteiger partial charge in [-0.05, 0) is 43.0 Å². The van der Waals surface area contributed by atoms with Gasteiger partial charge in [-0.25, -0.2) is 4.68 Å². The minimum atomic E-state index is 0.591. The van der Waals surface area contributed by atoms with Crippen LogP contribution in [0.15, 0.2) is 30.5 Å². The lowest BCUT2D eigenvalue weighted by molar-refractivity contribution is 0.830.